The van der Waals surface area contributed by atoms with Gasteiger partial charge in [-0.15, -0.1) is 0 Å². The molecule has 2 heterocycles. The molecule has 0 atom stereocenters. The fraction of sp³-hybridized carbons (Fsp3) is 0.138. The second-order valence-corrected chi connectivity index (χ2v) is 12.6. The molecule has 3 aromatic rings. The van der Waals surface area contributed by atoms with Gasteiger partial charge in [0.2, 0.25) is 0 Å². The number of anilines is 1. The van der Waals surface area contributed by atoms with Crippen molar-refractivity contribution >= 4 is 55.2 Å². The summed E-state index contributed by atoms with van der Waals surface area (Å²) in [5.41, 5.74) is -0.694. The maximum absolute atomic E-state index is 13.2. The number of aromatic amines is 1. The molecule has 1 aromatic heterocycles. The number of Topliss-reactive ketones (excluding diaryl/α,β-unsaturated/α-hetero) is 2. The Morgan fingerprint density at radius 3 is 2.16 bits per heavy atom. The van der Waals surface area contributed by atoms with E-state index in [1.54, 1.807) is 13.8 Å². The van der Waals surface area contributed by atoms with Crippen molar-refractivity contribution in [3.8, 4) is 5.69 Å². The highest BCUT2D eigenvalue weighted by Crippen LogP contribution is 2.31. The third kappa shape index (κ3) is 6.73. The summed E-state index contributed by atoms with van der Waals surface area (Å²) in [6.45, 7) is 5.54. The fourth-order valence-corrected chi connectivity index (χ4v) is 5.52. The number of aromatic nitrogens is 2. The van der Waals surface area contributed by atoms with Gasteiger partial charge in [0.15, 0.2) is 11.6 Å². The zero-order chi connectivity index (χ0) is 33.4. The standard InChI is InChI=1S/C29H26N4O10S2/c1-16-10-13-25(45(41,42)43)24(14-16)33-29(37)22(27(31-33)19(4)35)9-7-5-6-8-21-26(18(3)34)30-32(28(21)36)23-15-20(44(38,39)40)12-11-17(23)2/h5-15,30H,1-4H3,(H,38,39,40)(H,41,42,43)/p-2/b7-5+,8-6+,22-9?. The maximum Gasteiger partial charge on any atom is 0.281 e. The largest absolute Gasteiger partial charge is 0.744 e. The summed E-state index contributed by atoms with van der Waals surface area (Å²) in [6.07, 6.45) is 6.57. The second-order valence-electron chi connectivity index (χ2n) is 9.87. The predicted molar refractivity (Wildman–Crippen MR) is 160 cm³/mol. The molecule has 1 N–H and O–H groups in total. The van der Waals surface area contributed by atoms with Crippen molar-refractivity contribution < 1.29 is 40.3 Å². The molecule has 0 radical (unpaired) electrons. The Labute approximate surface area is 257 Å². The van der Waals surface area contributed by atoms with E-state index in [4.69, 9.17) is 0 Å². The van der Waals surface area contributed by atoms with Crippen molar-refractivity contribution in [2.24, 2.45) is 5.10 Å². The van der Waals surface area contributed by atoms with Crippen LogP contribution >= 0.6 is 0 Å². The topological polar surface area (TPSA) is 219 Å². The van der Waals surface area contributed by atoms with Gasteiger partial charge in [0, 0.05) is 13.8 Å². The number of hydrazone groups is 1. The van der Waals surface area contributed by atoms with Crippen LogP contribution in [0, 0.1) is 13.8 Å². The molecule has 0 spiro atoms. The number of H-pyrrole nitrogens is 1. The number of aryl methyl sites for hydroxylation is 2. The number of nitrogens with zero attached hydrogens (tertiary/aromatic N) is 3. The van der Waals surface area contributed by atoms with Gasteiger partial charge in [-0.1, -0.05) is 30.4 Å². The van der Waals surface area contributed by atoms with Gasteiger partial charge in [0.1, 0.15) is 31.6 Å². The van der Waals surface area contributed by atoms with Gasteiger partial charge in [0.25, 0.3) is 11.5 Å². The molecule has 16 heteroatoms. The summed E-state index contributed by atoms with van der Waals surface area (Å²) in [5, 5.41) is 7.27. The summed E-state index contributed by atoms with van der Waals surface area (Å²) in [5.74, 6) is -1.99. The van der Waals surface area contributed by atoms with Crippen LogP contribution in [0.1, 0.15) is 41.0 Å². The number of carbonyl (C=O) groups is 3. The summed E-state index contributed by atoms with van der Waals surface area (Å²) < 4.78 is 70.9. The SMILES string of the molecule is CC(=O)C1=NN(c2cc(C)ccc2S(=O)(=O)[O-])C(=O)C1=C/C=C/C=C/c1c(C(C)=O)[nH]n(-c2cc(S(=O)(=O)[O-])ccc2C)c1=O. The van der Waals surface area contributed by atoms with E-state index in [0.29, 0.717) is 16.1 Å². The average Bonchev–Trinajstić information content (AvgIpc) is 3.44. The molecule has 1 aliphatic rings. The van der Waals surface area contributed by atoms with E-state index in [-0.39, 0.29) is 33.9 Å². The lowest BCUT2D eigenvalue weighted by Crippen LogP contribution is -2.23. The van der Waals surface area contributed by atoms with Crippen molar-refractivity contribution in [3.05, 3.63) is 99.0 Å². The quantitative estimate of drug-likeness (QED) is 0.154. The molecule has 2 aromatic carbocycles. The van der Waals surface area contributed by atoms with Crippen molar-refractivity contribution in [1.82, 2.24) is 9.78 Å². The third-order valence-electron chi connectivity index (χ3n) is 6.56. The van der Waals surface area contributed by atoms with Crippen LogP contribution in [0.3, 0.4) is 0 Å². The van der Waals surface area contributed by atoms with E-state index in [1.165, 1.54) is 55.5 Å². The second kappa shape index (κ2) is 12.2. The number of carbonyl (C=O) groups excluding carboxylic acids is 3. The number of hydrogen-bond acceptors (Lipinski definition) is 11. The Hall–Kier alpha value is -5.03. The van der Waals surface area contributed by atoms with Gasteiger partial charge in [0.05, 0.1) is 32.3 Å². The molecule has 0 unspecified atom stereocenters. The van der Waals surface area contributed by atoms with Crippen molar-refractivity contribution in [2.45, 2.75) is 37.5 Å². The van der Waals surface area contributed by atoms with E-state index < -0.39 is 53.1 Å². The molecule has 0 aliphatic carbocycles. The van der Waals surface area contributed by atoms with Gasteiger partial charge in [-0.05, 0) is 61.4 Å². The van der Waals surface area contributed by atoms with Crippen LogP contribution in [0.2, 0.25) is 0 Å². The number of amides is 1. The Morgan fingerprint density at radius 1 is 0.867 bits per heavy atom. The molecule has 45 heavy (non-hydrogen) atoms. The smallest absolute Gasteiger partial charge is 0.281 e. The summed E-state index contributed by atoms with van der Waals surface area (Å²) in [6, 6.07) is 7.16. The van der Waals surface area contributed by atoms with Crippen LogP contribution in [-0.4, -0.2) is 58.9 Å². The minimum atomic E-state index is -4.99. The Morgan fingerprint density at radius 2 is 1.56 bits per heavy atom. The number of hydrogen-bond donors (Lipinski definition) is 1. The molecule has 1 amide bonds. The van der Waals surface area contributed by atoms with Gasteiger partial charge in [-0.2, -0.15) is 10.1 Å². The van der Waals surface area contributed by atoms with Crippen molar-refractivity contribution in [3.63, 3.8) is 0 Å². The zero-order valence-electron chi connectivity index (χ0n) is 24.1. The van der Waals surface area contributed by atoms with Crippen molar-refractivity contribution in [2.75, 3.05) is 5.01 Å². The summed E-state index contributed by atoms with van der Waals surface area (Å²) >= 11 is 0. The average molecular weight is 653 g/mol. The number of nitrogens with one attached hydrogen (secondary N) is 1. The lowest BCUT2D eigenvalue weighted by Gasteiger charge is -2.18. The number of benzene rings is 2. The Balaban J connectivity index is 1.69. The van der Waals surface area contributed by atoms with Gasteiger partial charge < -0.3 is 9.11 Å². The molecular formula is C29H24N4O10S2-2. The molecular weight excluding hydrogens is 628 g/mol. The van der Waals surface area contributed by atoms with Crippen LogP contribution in [0.5, 0.6) is 0 Å². The fourth-order valence-electron chi connectivity index (χ4n) is 4.39. The van der Waals surface area contributed by atoms with Crippen LogP contribution in [0.25, 0.3) is 11.8 Å². The number of rotatable bonds is 9. The Kier molecular flexibility index (Phi) is 8.88. The van der Waals surface area contributed by atoms with E-state index in [2.05, 4.69) is 10.2 Å². The number of allylic oxidation sites excluding steroid dienone is 4. The predicted octanol–water partition coefficient (Wildman–Crippen LogP) is 2.28. The molecule has 234 valence electrons. The maximum atomic E-state index is 13.2. The first-order valence-electron chi connectivity index (χ1n) is 12.9. The van der Waals surface area contributed by atoms with Crippen LogP contribution in [-0.2, 0) is 29.8 Å². The minimum absolute atomic E-state index is 0.0428. The minimum Gasteiger partial charge on any atom is -0.744 e. The highest BCUT2D eigenvalue weighted by atomic mass is 32.2. The summed E-state index contributed by atoms with van der Waals surface area (Å²) in [4.78, 5) is 49.7. The molecule has 14 nitrogen and oxygen atoms in total. The molecule has 0 bridgehead atoms. The van der Waals surface area contributed by atoms with Gasteiger partial charge in [-0.25, -0.2) is 21.5 Å². The van der Waals surface area contributed by atoms with E-state index in [1.807, 2.05) is 0 Å². The van der Waals surface area contributed by atoms with Crippen LogP contribution in [0.15, 0.2) is 86.0 Å². The third-order valence-corrected chi connectivity index (χ3v) is 8.28. The summed E-state index contributed by atoms with van der Waals surface area (Å²) in [7, 11) is -9.82. The molecule has 0 saturated carbocycles. The number of ketones is 2. The monoisotopic (exact) mass is 652 g/mol. The normalized spacial score (nSPS) is 15.1. The van der Waals surface area contributed by atoms with E-state index in [9.17, 15) is 45.1 Å². The van der Waals surface area contributed by atoms with E-state index in [0.717, 1.165) is 29.8 Å². The zero-order valence-corrected chi connectivity index (χ0v) is 25.7. The molecule has 0 fully saturated rings. The highest BCUT2D eigenvalue weighted by Gasteiger charge is 2.35. The first kappa shape index (κ1) is 32.9. The molecule has 0 saturated heterocycles. The van der Waals surface area contributed by atoms with Crippen LogP contribution < -0.4 is 10.6 Å². The molecule has 1 aliphatic heterocycles. The Bertz CT molecular complexity index is 2180. The highest BCUT2D eigenvalue weighted by molar-refractivity contribution is 7.86. The lowest BCUT2D eigenvalue weighted by molar-refractivity contribution is -0.115. The van der Waals surface area contributed by atoms with Gasteiger partial charge in [-0.3, -0.25) is 24.3 Å². The first-order chi connectivity index (χ1) is 20.9. The molecule has 4 rings (SSSR count). The lowest BCUT2D eigenvalue weighted by atomic mass is 10.1. The first-order valence-corrected chi connectivity index (χ1v) is 15.7. The van der Waals surface area contributed by atoms with Crippen molar-refractivity contribution in [1.29, 1.82) is 0 Å². The van der Waals surface area contributed by atoms with Crippen LogP contribution in [0.4, 0.5) is 5.69 Å². The van der Waals surface area contributed by atoms with Gasteiger partial charge >= 0.3 is 0 Å². The van der Waals surface area contributed by atoms with E-state index >= 15 is 0 Å².